The smallest absolute Gasteiger partial charge is 0.220 e. The van der Waals surface area contributed by atoms with E-state index < -0.39 is 0 Å². The van der Waals surface area contributed by atoms with Crippen molar-refractivity contribution < 1.29 is 9.90 Å². The van der Waals surface area contributed by atoms with Crippen LogP contribution in [0.5, 0.6) is 0 Å². The van der Waals surface area contributed by atoms with Crippen LogP contribution >= 0.6 is 0 Å². The number of aliphatic hydroxyl groups is 1. The van der Waals surface area contributed by atoms with Crippen molar-refractivity contribution in [1.82, 2.24) is 5.32 Å². The molecule has 116 valence electrons. The first-order valence-electron chi connectivity index (χ1n) is 7.86. The van der Waals surface area contributed by atoms with Crippen LogP contribution in [0.4, 0.5) is 5.69 Å². The average molecular weight is 290 g/mol. The number of nitrogens with two attached hydrogens (primary N) is 1. The lowest BCUT2D eigenvalue weighted by Crippen LogP contribution is -2.41. The number of benzene rings is 1. The average Bonchev–Trinajstić information content (AvgIpc) is 2.53. The number of anilines is 1. The van der Waals surface area contributed by atoms with Crippen LogP contribution in [0.1, 0.15) is 44.1 Å². The molecule has 1 saturated carbocycles. The first kappa shape index (κ1) is 15.8. The molecule has 0 saturated heterocycles. The van der Waals surface area contributed by atoms with E-state index in [4.69, 9.17) is 5.73 Å². The van der Waals surface area contributed by atoms with Gasteiger partial charge in [-0.25, -0.2) is 0 Å². The van der Waals surface area contributed by atoms with Crippen molar-refractivity contribution in [3.63, 3.8) is 0 Å². The Morgan fingerprint density at radius 2 is 1.86 bits per heavy atom. The summed E-state index contributed by atoms with van der Waals surface area (Å²) >= 11 is 0. The highest BCUT2D eigenvalue weighted by Crippen LogP contribution is 2.35. The monoisotopic (exact) mass is 290 g/mol. The lowest BCUT2D eigenvalue weighted by molar-refractivity contribution is -0.121. The Bertz CT molecular complexity index is 450. The van der Waals surface area contributed by atoms with Crippen LogP contribution in [0.25, 0.3) is 0 Å². The van der Waals surface area contributed by atoms with Crippen molar-refractivity contribution in [1.29, 1.82) is 0 Å². The molecule has 1 aromatic carbocycles. The Hall–Kier alpha value is -1.55. The highest BCUT2D eigenvalue weighted by atomic mass is 16.3. The Morgan fingerprint density at radius 3 is 2.48 bits per heavy atom. The molecule has 4 N–H and O–H groups in total. The maximum atomic E-state index is 12.0. The number of aryl methyl sites for hydroxylation is 1. The molecule has 1 amide bonds. The number of amides is 1. The Balaban J connectivity index is 1.75. The molecule has 4 nitrogen and oxygen atoms in total. The number of nitrogen functional groups attached to an aromatic ring is 1. The molecule has 0 atom stereocenters. The topological polar surface area (TPSA) is 75.4 Å². The normalized spacial score (nSPS) is 17.4. The number of carbonyl (C=O) groups excluding carboxylic acids is 1. The van der Waals surface area contributed by atoms with Gasteiger partial charge in [-0.15, -0.1) is 0 Å². The van der Waals surface area contributed by atoms with Crippen molar-refractivity contribution in [2.45, 2.75) is 44.9 Å². The second kappa shape index (κ2) is 7.46. The van der Waals surface area contributed by atoms with Gasteiger partial charge in [-0.3, -0.25) is 4.79 Å². The van der Waals surface area contributed by atoms with Crippen LogP contribution in [0.3, 0.4) is 0 Å². The fraction of sp³-hybridized carbons (Fsp3) is 0.588. The van der Waals surface area contributed by atoms with E-state index in [1.807, 2.05) is 24.3 Å². The molecule has 1 aliphatic carbocycles. The van der Waals surface area contributed by atoms with E-state index in [0.29, 0.717) is 13.0 Å². The molecule has 0 spiro atoms. The second-order valence-corrected chi connectivity index (χ2v) is 6.24. The Kier molecular flexibility index (Phi) is 5.62. The number of hydrogen-bond donors (Lipinski definition) is 3. The van der Waals surface area contributed by atoms with Crippen LogP contribution in [0.15, 0.2) is 24.3 Å². The summed E-state index contributed by atoms with van der Waals surface area (Å²) in [4.78, 5) is 12.0. The third-order valence-corrected chi connectivity index (χ3v) is 4.53. The van der Waals surface area contributed by atoms with E-state index >= 15 is 0 Å². The fourth-order valence-electron chi connectivity index (χ4n) is 3.01. The van der Waals surface area contributed by atoms with Gasteiger partial charge < -0.3 is 16.2 Å². The van der Waals surface area contributed by atoms with Crippen molar-refractivity contribution in [3.8, 4) is 0 Å². The molecule has 2 rings (SSSR count). The highest BCUT2D eigenvalue weighted by Gasteiger charge is 2.31. The molecule has 1 aliphatic rings. The van der Waals surface area contributed by atoms with Gasteiger partial charge in [-0.05, 0) is 37.0 Å². The minimum Gasteiger partial charge on any atom is -0.399 e. The summed E-state index contributed by atoms with van der Waals surface area (Å²) in [5.41, 5.74) is 7.41. The van der Waals surface area contributed by atoms with Gasteiger partial charge in [0, 0.05) is 24.1 Å². The summed E-state index contributed by atoms with van der Waals surface area (Å²) < 4.78 is 0. The molecule has 21 heavy (non-hydrogen) atoms. The van der Waals surface area contributed by atoms with Crippen LogP contribution in [-0.2, 0) is 11.2 Å². The third-order valence-electron chi connectivity index (χ3n) is 4.53. The lowest BCUT2D eigenvalue weighted by Gasteiger charge is -2.35. The fourth-order valence-corrected chi connectivity index (χ4v) is 3.01. The zero-order chi connectivity index (χ0) is 15.1. The molecule has 0 aliphatic heterocycles. The van der Waals surface area contributed by atoms with Gasteiger partial charge in [0.25, 0.3) is 0 Å². The van der Waals surface area contributed by atoms with Gasteiger partial charge in [-0.2, -0.15) is 0 Å². The van der Waals surface area contributed by atoms with Gasteiger partial charge in [0.2, 0.25) is 5.91 Å². The van der Waals surface area contributed by atoms with E-state index in [1.165, 1.54) is 6.42 Å². The van der Waals surface area contributed by atoms with Crippen molar-refractivity contribution in [2.75, 3.05) is 18.9 Å². The second-order valence-electron chi connectivity index (χ2n) is 6.24. The zero-order valence-electron chi connectivity index (χ0n) is 12.6. The van der Waals surface area contributed by atoms with E-state index in [1.54, 1.807) is 0 Å². The molecule has 0 aromatic heterocycles. The van der Waals surface area contributed by atoms with Crippen molar-refractivity contribution >= 4 is 11.6 Å². The predicted octanol–water partition coefficient (Wildman–Crippen LogP) is 2.26. The quantitative estimate of drug-likeness (QED) is 0.703. The van der Waals surface area contributed by atoms with Crippen molar-refractivity contribution in [2.24, 2.45) is 5.41 Å². The largest absolute Gasteiger partial charge is 0.399 e. The van der Waals surface area contributed by atoms with Crippen LogP contribution in [0.2, 0.25) is 0 Å². The molecule has 0 heterocycles. The lowest BCUT2D eigenvalue weighted by atomic mass is 9.74. The minimum absolute atomic E-state index is 0.0604. The summed E-state index contributed by atoms with van der Waals surface area (Å²) in [7, 11) is 0. The highest BCUT2D eigenvalue weighted by molar-refractivity contribution is 5.76. The Morgan fingerprint density at radius 1 is 1.19 bits per heavy atom. The van der Waals surface area contributed by atoms with E-state index in [2.05, 4.69) is 5.32 Å². The first-order valence-corrected chi connectivity index (χ1v) is 7.86. The van der Waals surface area contributed by atoms with E-state index in [0.717, 1.165) is 43.4 Å². The summed E-state index contributed by atoms with van der Waals surface area (Å²) in [6.45, 7) is 0.773. The summed E-state index contributed by atoms with van der Waals surface area (Å²) in [5, 5.41) is 12.6. The van der Waals surface area contributed by atoms with Gasteiger partial charge in [0.05, 0.1) is 6.61 Å². The molecule has 1 aromatic rings. The number of carbonyl (C=O) groups is 1. The predicted molar refractivity (Wildman–Crippen MR) is 84.8 cm³/mol. The van der Waals surface area contributed by atoms with Gasteiger partial charge in [0.15, 0.2) is 0 Å². The van der Waals surface area contributed by atoms with Crippen LogP contribution in [-0.4, -0.2) is 24.2 Å². The van der Waals surface area contributed by atoms with Gasteiger partial charge in [-0.1, -0.05) is 31.4 Å². The van der Waals surface area contributed by atoms with Gasteiger partial charge in [0.1, 0.15) is 0 Å². The molecule has 0 bridgehead atoms. The van der Waals surface area contributed by atoms with E-state index in [9.17, 15) is 9.90 Å². The molecular weight excluding hydrogens is 264 g/mol. The van der Waals surface area contributed by atoms with Crippen LogP contribution in [0, 0.1) is 5.41 Å². The number of aliphatic hydroxyl groups excluding tert-OH is 1. The van der Waals surface area contributed by atoms with Gasteiger partial charge >= 0.3 is 0 Å². The SMILES string of the molecule is Nc1ccc(CCC(=O)NCC2(CO)CCCCC2)cc1. The number of nitrogens with one attached hydrogen (secondary N) is 1. The third kappa shape index (κ3) is 4.74. The number of hydrogen-bond acceptors (Lipinski definition) is 3. The zero-order valence-corrected chi connectivity index (χ0v) is 12.6. The summed E-state index contributed by atoms with van der Waals surface area (Å²) in [6.07, 6.45) is 6.78. The Labute approximate surface area is 126 Å². The summed E-state index contributed by atoms with van der Waals surface area (Å²) in [6, 6.07) is 7.63. The molecule has 4 heteroatoms. The maximum absolute atomic E-state index is 12.0. The number of rotatable bonds is 6. The summed E-state index contributed by atoms with van der Waals surface area (Å²) in [5.74, 6) is 0.0604. The first-order chi connectivity index (χ1) is 10.1. The standard InChI is InChI=1S/C17H26N2O2/c18-15-7-4-14(5-8-15)6-9-16(21)19-12-17(13-20)10-2-1-3-11-17/h4-5,7-8,20H,1-3,6,9-13,18H2,(H,19,21). The minimum atomic E-state index is -0.0882. The maximum Gasteiger partial charge on any atom is 0.220 e. The van der Waals surface area contributed by atoms with E-state index in [-0.39, 0.29) is 17.9 Å². The molecule has 1 fully saturated rings. The van der Waals surface area contributed by atoms with Crippen LogP contribution < -0.4 is 11.1 Å². The molecular formula is C17H26N2O2. The molecule has 0 unspecified atom stereocenters. The van der Waals surface area contributed by atoms with Crippen molar-refractivity contribution in [3.05, 3.63) is 29.8 Å². The molecule has 0 radical (unpaired) electrons.